The number of halogens is 2. The predicted octanol–water partition coefficient (Wildman–Crippen LogP) is 2.53. The number of aromatic amines is 1. The fourth-order valence-corrected chi connectivity index (χ4v) is 1.98. The molecule has 0 saturated carbocycles. The van der Waals surface area contributed by atoms with Gasteiger partial charge in [0.1, 0.15) is 5.82 Å². The van der Waals surface area contributed by atoms with E-state index in [0.29, 0.717) is 22.9 Å². The Morgan fingerprint density at radius 3 is 2.76 bits per heavy atom. The number of nitrogen functional groups attached to an aromatic ring is 1. The first-order chi connectivity index (χ1) is 7.99. The van der Waals surface area contributed by atoms with Crippen LogP contribution in [0.2, 0.25) is 5.02 Å². The normalized spacial score (nSPS) is 10.8. The van der Waals surface area contributed by atoms with Gasteiger partial charge in [-0.25, -0.2) is 4.68 Å². The van der Waals surface area contributed by atoms with Gasteiger partial charge in [0.05, 0.1) is 17.1 Å². The minimum Gasteiger partial charge on any atom is -0.384 e. The molecule has 0 aliphatic rings. The lowest BCUT2D eigenvalue weighted by Gasteiger charge is -2.04. The first-order valence-corrected chi connectivity index (χ1v) is 6.15. The van der Waals surface area contributed by atoms with Crippen LogP contribution in [0, 0.1) is 6.92 Å². The van der Waals surface area contributed by atoms with Crippen molar-refractivity contribution in [2.45, 2.75) is 13.5 Å². The highest BCUT2D eigenvalue weighted by atomic mass is 79.9. The summed E-state index contributed by atoms with van der Waals surface area (Å²) in [5, 5.41) is 3.44. The number of hydrogen-bond acceptors (Lipinski definition) is 2. The van der Waals surface area contributed by atoms with Crippen molar-refractivity contribution in [3.63, 3.8) is 0 Å². The van der Waals surface area contributed by atoms with E-state index in [-0.39, 0.29) is 5.56 Å². The van der Waals surface area contributed by atoms with Crippen molar-refractivity contribution in [1.29, 1.82) is 0 Å². The second-order valence-electron chi connectivity index (χ2n) is 3.79. The number of rotatable bonds is 2. The Kier molecular flexibility index (Phi) is 3.31. The van der Waals surface area contributed by atoms with Crippen molar-refractivity contribution in [2.24, 2.45) is 0 Å². The summed E-state index contributed by atoms with van der Waals surface area (Å²) in [6.07, 6.45) is 0. The highest BCUT2D eigenvalue weighted by Crippen LogP contribution is 2.23. The van der Waals surface area contributed by atoms with E-state index >= 15 is 0 Å². The summed E-state index contributed by atoms with van der Waals surface area (Å²) in [4.78, 5) is 11.8. The fourth-order valence-electron chi connectivity index (χ4n) is 1.53. The van der Waals surface area contributed by atoms with Gasteiger partial charge in [-0.3, -0.25) is 9.89 Å². The maximum atomic E-state index is 11.8. The van der Waals surface area contributed by atoms with E-state index < -0.39 is 0 Å². The van der Waals surface area contributed by atoms with Gasteiger partial charge >= 0.3 is 0 Å². The monoisotopic (exact) mass is 315 g/mol. The molecule has 0 atom stereocenters. The fraction of sp³-hybridized carbons (Fsp3) is 0.182. The van der Waals surface area contributed by atoms with Crippen LogP contribution in [0.25, 0.3) is 0 Å². The van der Waals surface area contributed by atoms with Gasteiger partial charge in [0, 0.05) is 4.47 Å². The number of anilines is 1. The first kappa shape index (κ1) is 12.3. The molecule has 0 bridgehead atoms. The average molecular weight is 317 g/mol. The van der Waals surface area contributed by atoms with Crippen molar-refractivity contribution in [3.8, 4) is 0 Å². The summed E-state index contributed by atoms with van der Waals surface area (Å²) in [6.45, 7) is 2.11. The SMILES string of the molecule is Cc1c(N)[nH]n(Cc2ccc(Br)c(Cl)c2)c1=O. The van der Waals surface area contributed by atoms with Crippen molar-refractivity contribution in [3.05, 3.63) is 49.2 Å². The zero-order valence-corrected chi connectivity index (χ0v) is 11.5. The molecule has 0 spiro atoms. The minimum atomic E-state index is -0.110. The van der Waals surface area contributed by atoms with E-state index in [1.165, 1.54) is 4.68 Å². The number of nitrogens with zero attached hydrogens (tertiary/aromatic N) is 1. The molecule has 6 heteroatoms. The molecule has 1 heterocycles. The van der Waals surface area contributed by atoms with Gasteiger partial charge in [-0.1, -0.05) is 17.7 Å². The second-order valence-corrected chi connectivity index (χ2v) is 5.05. The topological polar surface area (TPSA) is 63.8 Å². The zero-order valence-electron chi connectivity index (χ0n) is 9.13. The van der Waals surface area contributed by atoms with E-state index in [0.717, 1.165) is 10.0 Å². The van der Waals surface area contributed by atoms with Gasteiger partial charge in [-0.15, -0.1) is 0 Å². The molecule has 2 rings (SSSR count). The number of benzene rings is 1. The smallest absolute Gasteiger partial charge is 0.271 e. The van der Waals surface area contributed by atoms with Crippen LogP contribution in [0.1, 0.15) is 11.1 Å². The van der Waals surface area contributed by atoms with Crippen LogP contribution < -0.4 is 11.3 Å². The molecule has 0 saturated heterocycles. The molecule has 0 aliphatic heterocycles. The summed E-state index contributed by atoms with van der Waals surface area (Å²) >= 11 is 9.30. The molecule has 0 aliphatic carbocycles. The number of hydrogen-bond donors (Lipinski definition) is 2. The molecule has 17 heavy (non-hydrogen) atoms. The average Bonchev–Trinajstić information content (AvgIpc) is 2.52. The van der Waals surface area contributed by atoms with Crippen molar-refractivity contribution < 1.29 is 0 Å². The van der Waals surface area contributed by atoms with Crippen LogP contribution in [0.4, 0.5) is 5.82 Å². The summed E-state index contributed by atoms with van der Waals surface area (Å²) in [7, 11) is 0. The number of aromatic nitrogens is 2. The number of H-pyrrole nitrogens is 1. The number of nitrogens with two attached hydrogens (primary N) is 1. The van der Waals surface area contributed by atoms with E-state index in [1.807, 2.05) is 18.2 Å². The Hall–Kier alpha value is -1.20. The summed E-state index contributed by atoms with van der Waals surface area (Å²) < 4.78 is 2.29. The predicted molar refractivity (Wildman–Crippen MR) is 72.5 cm³/mol. The summed E-state index contributed by atoms with van der Waals surface area (Å²) in [6, 6.07) is 5.56. The third-order valence-electron chi connectivity index (χ3n) is 2.55. The van der Waals surface area contributed by atoms with Crippen molar-refractivity contribution >= 4 is 33.3 Å². The van der Waals surface area contributed by atoms with Gasteiger partial charge in [0.15, 0.2) is 0 Å². The summed E-state index contributed by atoms with van der Waals surface area (Å²) in [5.74, 6) is 0.401. The second kappa shape index (κ2) is 4.58. The zero-order chi connectivity index (χ0) is 12.6. The molecule has 3 N–H and O–H groups in total. The lowest BCUT2D eigenvalue weighted by molar-refractivity contribution is 0.665. The quantitative estimate of drug-likeness (QED) is 0.894. The molecule has 0 amide bonds. The summed E-state index contributed by atoms with van der Waals surface area (Å²) in [5.41, 5.74) is 7.00. The van der Waals surface area contributed by atoms with E-state index in [4.69, 9.17) is 17.3 Å². The van der Waals surface area contributed by atoms with E-state index in [1.54, 1.807) is 6.92 Å². The van der Waals surface area contributed by atoms with E-state index in [9.17, 15) is 4.79 Å². The molecule has 4 nitrogen and oxygen atoms in total. The maximum absolute atomic E-state index is 11.8. The number of nitrogens with one attached hydrogen (secondary N) is 1. The highest BCUT2D eigenvalue weighted by Gasteiger charge is 2.08. The molecule has 1 aromatic carbocycles. The third kappa shape index (κ3) is 2.40. The molecule has 0 fully saturated rings. The van der Waals surface area contributed by atoms with Gasteiger partial charge in [-0.05, 0) is 40.5 Å². The maximum Gasteiger partial charge on any atom is 0.271 e. The Morgan fingerprint density at radius 1 is 1.53 bits per heavy atom. The highest BCUT2D eigenvalue weighted by molar-refractivity contribution is 9.10. The van der Waals surface area contributed by atoms with Crippen LogP contribution in [0.15, 0.2) is 27.5 Å². The first-order valence-electron chi connectivity index (χ1n) is 4.98. The van der Waals surface area contributed by atoms with Gasteiger partial charge in [0.2, 0.25) is 0 Å². The van der Waals surface area contributed by atoms with Crippen LogP contribution in [0.5, 0.6) is 0 Å². The lowest BCUT2D eigenvalue weighted by atomic mass is 10.2. The van der Waals surface area contributed by atoms with Gasteiger partial charge in [0.25, 0.3) is 5.56 Å². The molecule has 1 aromatic heterocycles. The van der Waals surface area contributed by atoms with Crippen molar-refractivity contribution in [2.75, 3.05) is 5.73 Å². The largest absolute Gasteiger partial charge is 0.384 e. The van der Waals surface area contributed by atoms with Crippen LogP contribution in [0.3, 0.4) is 0 Å². The van der Waals surface area contributed by atoms with Crippen LogP contribution in [-0.2, 0) is 6.54 Å². The van der Waals surface area contributed by atoms with E-state index in [2.05, 4.69) is 21.0 Å². The standard InChI is InChI=1S/C11H11BrClN3O/c1-6-10(14)15-16(11(6)17)5-7-2-3-8(12)9(13)4-7/h2-4,15H,5,14H2,1H3. The molecular formula is C11H11BrClN3O. The minimum absolute atomic E-state index is 0.110. The van der Waals surface area contributed by atoms with Crippen LogP contribution >= 0.6 is 27.5 Å². The Labute approximate surface area is 111 Å². The Bertz CT molecular complexity index is 618. The molecular weight excluding hydrogens is 305 g/mol. The lowest BCUT2D eigenvalue weighted by Crippen LogP contribution is -2.18. The molecule has 0 unspecified atom stereocenters. The van der Waals surface area contributed by atoms with Crippen LogP contribution in [-0.4, -0.2) is 9.78 Å². The van der Waals surface area contributed by atoms with Crippen molar-refractivity contribution in [1.82, 2.24) is 9.78 Å². The molecule has 90 valence electrons. The Balaban J connectivity index is 2.35. The van der Waals surface area contributed by atoms with Gasteiger partial charge in [-0.2, -0.15) is 0 Å². The van der Waals surface area contributed by atoms with Gasteiger partial charge < -0.3 is 5.73 Å². The molecule has 0 radical (unpaired) electrons. The third-order valence-corrected chi connectivity index (χ3v) is 3.78. The Morgan fingerprint density at radius 2 is 2.24 bits per heavy atom. The molecule has 2 aromatic rings.